The standard InChI is InChI=1S/C33H28N4O5/c1-2-42-29(38)20-36-30(21-14-16-23(17-15-21)35-28-13-7-8-18-34-28)24-10-4-3-9-22(24)19-27(33(36)41)37-31(39)25-11-5-6-12-26(25)32(37)40/h3-18,27,30H,2,19-20H2,1H3,(H,34,35)/t27-,30?/m0/s1. The lowest BCUT2D eigenvalue weighted by atomic mass is 9.92. The minimum absolute atomic E-state index is 0.121. The molecule has 0 saturated carbocycles. The van der Waals surface area contributed by atoms with Gasteiger partial charge in [0.15, 0.2) is 0 Å². The monoisotopic (exact) mass is 560 g/mol. The van der Waals surface area contributed by atoms with Gasteiger partial charge in [-0.3, -0.25) is 24.1 Å². The average Bonchev–Trinajstić information content (AvgIpc) is 3.19. The van der Waals surface area contributed by atoms with Crippen LogP contribution in [0.4, 0.5) is 11.5 Å². The van der Waals surface area contributed by atoms with E-state index in [4.69, 9.17) is 4.74 Å². The molecule has 2 aliphatic heterocycles. The lowest BCUT2D eigenvalue weighted by Crippen LogP contribution is -2.52. The molecule has 0 radical (unpaired) electrons. The number of hydrogen-bond donors (Lipinski definition) is 1. The first-order valence-electron chi connectivity index (χ1n) is 13.7. The van der Waals surface area contributed by atoms with E-state index < -0.39 is 35.8 Å². The summed E-state index contributed by atoms with van der Waals surface area (Å²) in [6, 6.07) is 25.4. The van der Waals surface area contributed by atoms with Crippen LogP contribution in [-0.4, -0.2) is 57.7 Å². The zero-order chi connectivity index (χ0) is 29.2. The number of nitrogens with zero attached hydrogens (tertiary/aromatic N) is 3. The molecule has 3 heterocycles. The maximum atomic E-state index is 14.4. The van der Waals surface area contributed by atoms with Crippen LogP contribution in [0.25, 0.3) is 0 Å². The Morgan fingerprint density at radius 2 is 1.55 bits per heavy atom. The molecule has 42 heavy (non-hydrogen) atoms. The van der Waals surface area contributed by atoms with Crippen molar-refractivity contribution in [1.82, 2.24) is 14.8 Å². The van der Waals surface area contributed by atoms with Crippen molar-refractivity contribution in [3.63, 3.8) is 0 Å². The zero-order valence-electron chi connectivity index (χ0n) is 22.9. The van der Waals surface area contributed by atoms with Gasteiger partial charge in [0, 0.05) is 18.3 Å². The molecular weight excluding hydrogens is 532 g/mol. The highest BCUT2D eigenvalue weighted by Crippen LogP contribution is 2.38. The van der Waals surface area contributed by atoms with Crippen LogP contribution in [0.1, 0.15) is 50.4 Å². The Kier molecular flexibility index (Phi) is 7.23. The highest BCUT2D eigenvalue weighted by atomic mass is 16.5. The number of rotatable bonds is 7. The second kappa shape index (κ2) is 11.3. The maximum Gasteiger partial charge on any atom is 0.325 e. The normalized spacial score (nSPS) is 17.9. The summed E-state index contributed by atoms with van der Waals surface area (Å²) in [7, 11) is 0. The van der Waals surface area contributed by atoms with E-state index >= 15 is 0 Å². The van der Waals surface area contributed by atoms with Crippen molar-refractivity contribution < 1.29 is 23.9 Å². The Morgan fingerprint density at radius 1 is 0.881 bits per heavy atom. The fourth-order valence-electron chi connectivity index (χ4n) is 5.67. The predicted molar refractivity (Wildman–Crippen MR) is 155 cm³/mol. The molecule has 3 aromatic carbocycles. The molecule has 1 N–H and O–H groups in total. The third-order valence-corrected chi connectivity index (χ3v) is 7.55. The van der Waals surface area contributed by atoms with Crippen molar-refractivity contribution in [1.29, 1.82) is 0 Å². The summed E-state index contributed by atoms with van der Waals surface area (Å²) >= 11 is 0. The second-order valence-electron chi connectivity index (χ2n) is 10.1. The average molecular weight is 561 g/mol. The van der Waals surface area contributed by atoms with Gasteiger partial charge < -0.3 is 15.0 Å². The third kappa shape index (κ3) is 4.89. The first kappa shape index (κ1) is 26.9. The highest BCUT2D eigenvalue weighted by molar-refractivity contribution is 6.23. The van der Waals surface area contributed by atoms with Crippen LogP contribution in [0, 0.1) is 0 Å². The number of pyridine rings is 1. The van der Waals surface area contributed by atoms with Crippen LogP contribution in [-0.2, 0) is 20.7 Å². The van der Waals surface area contributed by atoms with E-state index in [-0.39, 0.29) is 30.7 Å². The number of esters is 1. The van der Waals surface area contributed by atoms with Gasteiger partial charge >= 0.3 is 5.97 Å². The molecule has 0 bridgehead atoms. The Labute approximate surface area is 242 Å². The minimum Gasteiger partial charge on any atom is -0.465 e. The SMILES string of the molecule is CCOC(=O)CN1C(=O)[C@@H](N2C(=O)c3ccccc3C2=O)Cc2ccccc2C1c1ccc(Nc2ccccn2)cc1. The van der Waals surface area contributed by atoms with E-state index in [0.717, 1.165) is 27.3 Å². The molecule has 0 aliphatic carbocycles. The summed E-state index contributed by atoms with van der Waals surface area (Å²) in [6.07, 6.45) is 1.82. The van der Waals surface area contributed by atoms with Crippen molar-refractivity contribution in [3.05, 3.63) is 125 Å². The first-order valence-corrected chi connectivity index (χ1v) is 13.7. The van der Waals surface area contributed by atoms with Gasteiger partial charge in [0.25, 0.3) is 11.8 Å². The molecule has 6 rings (SSSR count). The summed E-state index contributed by atoms with van der Waals surface area (Å²) in [5, 5.41) is 3.25. The van der Waals surface area contributed by atoms with E-state index in [1.54, 1.807) is 37.4 Å². The lowest BCUT2D eigenvalue weighted by molar-refractivity contribution is -0.151. The van der Waals surface area contributed by atoms with Crippen LogP contribution >= 0.6 is 0 Å². The van der Waals surface area contributed by atoms with Crippen LogP contribution in [0.3, 0.4) is 0 Å². The highest BCUT2D eigenvalue weighted by Gasteiger charge is 2.47. The van der Waals surface area contributed by atoms with Crippen molar-refractivity contribution >= 4 is 35.2 Å². The fourth-order valence-corrected chi connectivity index (χ4v) is 5.67. The van der Waals surface area contributed by atoms with Gasteiger partial charge in [0.05, 0.1) is 23.8 Å². The van der Waals surface area contributed by atoms with E-state index in [0.29, 0.717) is 5.82 Å². The number of nitrogens with one attached hydrogen (secondary N) is 1. The van der Waals surface area contributed by atoms with Crippen molar-refractivity contribution in [2.24, 2.45) is 0 Å². The van der Waals surface area contributed by atoms with Gasteiger partial charge in [0.1, 0.15) is 18.4 Å². The number of hydrogen-bond acceptors (Lipinski definition) is 7. The van der Waals surface area contributed by atoms with E-state index in [2.05, 4.69) is 10.3 Å². The first-order chi connectivity index (χ1) is 20.5. The van der Waals surface area contributed by atoms with E-state index in [1.807, 2.05) is 66.7 Å². The molecule has 4 aromatic rings. The summed E-state index contributed by atoms with van der Waals surface area (Å²) in [5.74, 6) is -1.44. The molecule has 2 aliphatic rings. The quantitative estimate of drug-likeness (QED) is 0.261. The van der Waals surface area contributed by atoms with Gasteiger partial charge in [0.2, 0.25) is 5.91 Å². The molecule has 210 valence electrons. The number of carbonyl (C=O) groups is 4. The fraction of sp³-hybridized carbons (Fsp3) is 0.182. The number of fused-ring (bicyclic) bond motifs is 2. The predicted octanol–water partition coefficient (Wildman–Crippen LogP) is 4.53. The topological polar surface area (TPSA) is 109 Å². The molecule has 0 saturated heterocycles. The number of benzene rings is 3. The van der Waals surface area contributed by atoms with Crippen LogP contribution < -0.4 is 5.32 Å². The van der Waals surface area contributed by atoms with Gasteiger partial charge in [-0.2, -0.15) is 0 Å². The van der Waals surface area contributed by atoms with E-state index in [1.165, 1.54) is 4.90 Å². The van der Waals surface area contributed by atoms with Crippen LogP contribution in [0.5, 0.6) is 0 Å². The second-order valence-corrected chi connectivity index (χ2v) is 10.1. The molecule has 0 spiro atoms. The Morgan fingerprint density at radius 3 is 2.21 bits per heavy atom. The molecular formula is C33H28N4O5. The summed E-state index contributed by atoms with van der Waals surface area (Å²) < 4.78 is 5.25. The zero-order valence-corrected chi connectivity index (χ0v) is 22.9. The largest absolute Gasteiger partial charge is 0.465 e. The number of ether oxygens (including phenoxy) is 1. The molecule has 9 heteroatoms. The number of aromatic nitrogens is 1. The van der Waals surface area contributed by atoms with Gasteiger partial charge in [-0.25, -0.2) is 4.98 Å². The van der Waals surface area contributed by atoms with E-state index in [9.17, 15) is 19.2 Å². The molecule has 1 unspecified atom stereocenters. The smallest absolute Gasteiger partial charge is 0.325 e. The summed E-state index contributed by atoms with van der Waals surface area (Å²) in [6.45, 7) is 1.50. The number of carbonyl (C=O) groups excluding carboxylic acids is 4. The van der Waals surface area contributed by atoms with Gasteiger partial charge in [-0.15, -0.1) is 0 Å². The lowest BCUT2D eigenvalue weighted by Gasteiger charge is -2.33. The molecule has 2 atom stereocenters. The van der Waals surface area contributed by atoms with Crippen molar-refractivity contribution in [2.75, 3.05) is 18.5 Å². The van der Waals surface area contributed by atoms with Crippen molar-refractivity contribution in [2.45, 2.75) is 25.4 Å². The van der Waals surface area contributed by atoms with Crippen LogP contribution in [0.2, 0.25) is 0 Å². The summed E-state index contributed by atoms with van der Waals surface area (Å²) in [5.41, 5.74) is 3.69. The maximum absolute atomic E-state index is 14.4. The number of anilines is 2. The molecule has 3 amide bonds. The van der Waals surface area contributed by atoms with Crippen LogP contribution in [0.15, 0.2) is 97.2 Å². The Hall–Kier alpha value is -5.31. The molecule has 1 aromatic heterocycles. The van der Waals surface area contributed by atoms with Crippen molar-refractivity contribution in [3.8, 4) is 0 Å². The Balaban J connectivity index is 1.42. The Bertz CT molecular complexity index is 1640. The molecule has 0 fully saturated rings. The molecule has 9 nitrogen and oxygen atoms in total. The number of amides is 3. The van der Waals surface area contributed by atoms with Gasteiger partial charge in [-0.1, -0.05) is 54.6 Å². The summed E-state index contributed by atoms with van der Waals surface area (Å²) in [4.78, 5) is 61.0. The van der Waals surface area contributed by atoms with Gasteiger partial charge in [-0.05, 0) is 60.0 Å². The number of imide groups is 1. The third-order valence-electron chi connectivity index (χ3n) is 7.55. The minimum atomic E-state index is -1.14.